The Hall–Kier alpha value is -4.41. The summed E-state index contributed by atoms with van der Waals surface area (Å²) in [6.07, 6.45) is 1.64. The minimum atomic E-state index is -0.871. The van der Waals surface area contributed by atoms with Crippen LogP contribution in [0.15, 0.2) is 80.1 Å². The highest BCUT2D eigenvalue weighted by Crippen LogP contribution is 2.36. The smallest absolute Gasteiger partial charge is 0.338 e. The normalized spacial score (nSPS) is 14.9. The van der Waals surface area contributed by atoms with E-state index in [-0.39, 0.29) is 22.6 Å². The minimum Gasteiger partial charge on any atom is -0.493 e. The first kappa shape index (κ1) is 27.2. The monoisotopic (exact) mass is 578 g/mol. The lowest BCUT2D eigenvalue weighted by atomic mass is 9.95. The molecule has 0 spiro atoms. The Balaban J connectivity index is 1.65. The van der Waals surface area contributed by atoms with E-state index in [1.807, 2.05) is 12.1 Å². The van der Waals surface area contributed by atoms with Gasteiger partial charge in [-0.25, -0.2) is 9.79 Å². The van der Waals surface area contributed by atoms with Crippen LogP contribution in [0.1, 0.15) is 31.2 Å². The van der Waals surface area contributed by atoms with Gasteiger partial charge in [0.05, 0.1) is 36.1 Å². The van der Waals surface area contributed by atoms with Gasteiger partial charge in [-0.1, -0.05) is 41.1 Å². The number of thiazole rings is 1. The third-order valence-corrected chi connectivity index (χ3v) is 7.41. The topological polar surface area (TPSA) is 109 Å². The number of carbonyl (C=O) groups excluding carboxylic acids is 2. The molecule has 0 amide bonds. The molecule has 3 heterocycles. The second kappa shape index (κ2) is 11.0. The molecule has 1 atom stereocenters. The lowest BCUT2D eigenvalue weighted by molar-refractivity contribution is -0.136. The van der Waals surface area contributed by atoms with Crippen LogP contribution in [0.3, 0.4) is 0 Å². The summed E-state index contributed by atoms with van der Waals surface area (Å²) >= 11 is 7.28. The number of halogens is 1. The van der Waals surface area contributed by atoms with Crippen molar-refractivity contribution in [3.05, 3.63) is 102 Å². The van der Waals surface area contributed by atoms with E-state index in [1.54, 1.807) is 55.5 Å². The highest BCUT2D eigenvalue weighted by atomic mass is 35.5. The molecule has 1 aliphatic rings. The molecule has 0 radical (unpaired) electrons. The summed E-state index contributed by atoms with van der Waals surface area (Å²) in [5, 5.41) is 0.582. The molecule has 40 heavy (non-hydrogen) atoms. The number of rotatable bonds is 6. The van der Waals surface area contributed by atoms with E-state index < -0.39 is 18.0 Å². The second-order valence-corrected chi connectivity index (χ2v) is 10.2. The fourth-order valence-electron chi connectivity index (χ4n) is 4.46. The highest BCUT2D eigenvalue weighted by molar-refractivity contribution is 7.07. The van der Waals surface area contributed by atoms with Crippen LogP contribution in [0.5, 0.6) is 11.5 Å². The van der Waals surface area contributed by atoms with Gasteiger partial charge in [0.1, 0.15) is 11.5 Å². The first-order valence-electron chi connectivity index (χ1n) is 12.0. The average molecular weight is 579 g/mol. The van der Waals surface area contributed by atoms with Crippen LogP contribution < -0.4 is 24.4 Å². The fourth-order valence-corrected chi connectivity index (χ4v) is 5.67. The summed E-state index contributed by atoms with van der Waals surface area (Å²) in [6, 6.07) is 14.8. The number of hydrogen-bond donors (Lipinski definition) is 0. The Kier molecular flexibility index (Phi) is 7.46. The fraction of sp³-hybridized carbons (Fsp3) is 0.172. The van der Waals surface area contributed by atoms with E-state index in [1.165, 1.54) is 37.0 Å². The van der Waals surface area contributed by atoms with Crippen molar-refractivity contribution in [2.24, 2.45) is 4.99 Å². The number of furan rings is 1. The zero-order chi connectivity index (χ0) is 28.6. The van der Waals surface area contributed by atoms with Gasteiger partial charge in [-0.3, -0.25) is 14.2 Å². The number of benzene rings is 2. The van der Waals surface area contributed by atoms with Crippen LogP contribution in [0.25, 0.3) is 17.4 Å². The first-order valence-corrected chi connectivity index (χ1v) is 13.2. The molecule has 0 fully saturated rings. The summed E-state index contributed by atoms with van der Waals surface area (Å²) in [6.45, 7) is 2.97. The van der Waals surface area contributed by atoms with E-state index in [0.717, 1.165) is 5.56 Å². The van der Waals surface area contributed by atoms with Gasteiger partial charge < -0.3 is 18.6 Å². The molecule has 2 aromatic heterocycles. The van der Waals surface area contributed by atoms with Crippen molar-refractivity contribution in [2.75, 3.05) is 14.2 Å². The predicted octanol–water partition coefficient (Wildman–Crippen LogP) is 4.26. The van der Waals surface area contributed by atoms with Crippen molar-refractivity contribution in [1.29, 1.82) is 0 Å². The molecule has 9 nitrogen and oxygen atoms in total. The molecule has 0 saturated carbocycles. The molecule has 204 valence electrons. The zero-order valence-electron chi connectivity index (χ0n) is 21.9. The summed E-state index contributed by atoms with van der Waals surface area (Å²) in [4.78, 5) is 43.2. The van der Waals surface area contributed by atoms with Crippen molar-refractivity contribution >= 4 is 41.0 Å². The van der Waals surface area contributed by atoms with Gasteiger partial charge in [-0.15, -0.1) is 0 Å². The molecule has 11 heteroatoms. The Morgan fingerprint density at radius 2 is 1.90 bits per heavy atom. The van der Waals surface area contributed by atoms with Gasteiger partial charge in [0.15, 0.2) is 16.3 Å². The number of fused-ring (bicyclic) bond motifs is 1. The van der Waals surface area contributed by atoms with Crippen LogP contribution in [0.4, 0.5) is 0 Å². The predicted molar refractivity (Wildman–Crippen MR) is 149 cm³/mol. The van der Waals surface area contributed by atoms with Crippen LogP contribution in [-0.4, -0.2) is 30.7 Å². The molecular formula is C29H23ClN2O7S. The highest BCUT2D eigenvalue weighted by Gasteiger charge is 2.33. The maximum Gasteiger partial charge on any atom is 0.338 e. The molecule has 1 unspecified atom stereocenters. The summed E-state index contributed by atoms with van der Waals surface area (Å²) < 4.78 is 23.5. The summed E-state index contributed by atoms with van der Waals surface area (Å²) in [7, 11) is 2.70. The Morgan fingerprint density at radius 1 is 1.10 bits per heavy atom. The van der Waals surface area contributed by atoms with Gasteiger partial charge in [-0.2, -0.15) is 0 Å². The van der Waals surface area contributed by atoms with Crippen molar-refractivity contribution in [1.82, 2.24) is 4.57 Å². The van der Waals surface area contributed by atoms with Crippen molar-refractivity contribution in [2.45, 2.75) is 19.9 Å². The Labute approximate surface area is 237 Å². The molecule has 0 aliphatic carbocycles. The number of hydrogen-bond acceptors (Lipinski definition) is 9. The van der Waals surface area contributed by atoms with Gasteiger partial charge in [0.25, 0.3) is 5.56 Å². The van der Waals surface area contributed by atoms with E-state index in [0.29, 0.717) is 37.1 Å². The van der Waals surface area contributed by atoms with Crippen molar-refractivity contribution in [3.63, 3.8) is 0 Å². The maximum absolute atomic E-state index is 13.8. The number of ether oxygens (including phenoxy) is 3. The zero-order valence-corrected chi connectivity index (χ0v) is 23.5. The SMILES string of the molecule is COC(=O)C1=C(C)N=c2sc(=Cc3ccc(-c4cccc(Cl)c4)o3)c(=O)n2C1c1ccc(OC(C)=O)c(OC)c1. The number of esters is 2. The van der Waals surface area contributed by atoms with Crippen LogP contribution in [0.2, 0.25) is 5.02 Å². The first-order chi connectivity index (χ1) is 19.2. The van der Waals surface area contributed by atoms with Crippen LogP contribution in [-0.2, 0) is 14.3 Å². The largest absolute Gasteiger partial charge is 0.493 e. The molecule has 5 rings (SSSR count). The van der Waals surface area contributed by atoms with E-state index in [9.17, 15) is 14.4 Å². The molecule has 0 saturated heterocycles. The average Bonchev–Trinajstić information content (AvgIpc) is 3.52. The van der Waals surface area contributed by atoms with Crippen LogP contribution in [0, 0.1) is 0 Å². The summed E-state index contributed by atoms with van der Waals surface area (Å²) in [5.74, 6) is 0.399. The number of allylic oxidation sites excluding steroid dienone is 1. The molecule has 4 aromatic rings. The number of methoxy groups -OCH3 is 2. The molecule has 1 aliphatic heterocycles. The van der Waals surface area contributed by atoms with E-state index >= 15 is 0 Å². The third-order valence-electron chi connectivity index (χ3n) is 6.19. The Morgan fingerprint density at radius 3 is 2.60 bits per heavy atom. The molecule has 0 N–H and O–H groups in total. The summed E-state index contributed by atoms with van der Waals surface area (Å²) in [5.41, 5.74) is 1.58. The maximum atomic E-state index is 13.8. The van der Waals surface area contributed by atoms with Crippen molar-refractivity contribution < 1.29 is 28.2 Å². The molecule has 0 bridgehead atoms. The second-order valence-electron chi connectivity index (χ2n) is 8.79. The number of nitrogens with zero attached hydrogens (tertiary/aromatic N) is 2. The van der Waals surface area contributed by atoms with Crippen LogP contribution >= 0.6 is 22.9 Å². The molecular weight excluding hydrogens is 556 g/mol. The number of aromatic nitrogens is 1. The van der Waals surface area contributed by atoms with Gasteiger partial charge in [0.2, 0.25) is 0 Å². The van der Waals surface area contributed by atoms with E-state index in [2.05, 4.69) is 4.99 Å². The van der Waals surface area contributed by atoms with Crippen molar-refractivity contribution in [3.8, 4) is 22.8 Å². The quantitative estimate of drug-likeness (QED) is 0.248. The van der Waals surface area contributed by atoms with Gasteiger partial charge >= 0.3 is 11.9 Å². The Bertz CT molecular complexity index is 1870. The lowest BCUT2D eigenvalue weighted by Gasteiger charge is -2.25. The number of carbonyl (C=O) groups is 2. The third kappa shape index (κ3) is 5.11. The van der Waals surface area contributed by atoms with E-state index in [4.69, 9.17) is 30.2 Å². The van der Waals surface area contributed by atoms with Gasteiger partial charge in [0, 0.05) is 23.6 Å². The standard InChI is InChI=1S/C29H23ClN2O7S/c1-15-25(28(35)37-4)26(18-8-10-22(38-16(2)33)23(13-18)36-3)32-27(34)24(40-29(32)31-15)14-20-9-11-21(39-20)17-6-5-7-19(30)12-17/h5-14,26H,1-4H3. The lowest BCUT2D eigenvalue weighted by Crippen LogP contribution is -2.39. The molecule has 2 aromatic carbocycles. The minimum absolute atomic E-state index is 0.199. The van der Waals surface area contributed by atoms with Gasteiger partial charge in [-0.05, 0) is 48.9 Å².